The Labute approximate surface area is 131 Å². The zero-order chi connectivity index (χ0) is 15.4. The van der Waals surface area contributed by atoms with E-state index in [9.17, 15) is 0 Å². The van der Waals surface area contributed by atoms with Crippen molar-refractivity contribution in [1.29, 1.82) is 0 Å². The van der Waals surface area contributed by atoms with Gasteiger partial charge >= 0.3 is 0 Å². The highest BCUT2D eigenvalue weighted by Crippen LogP contribution is 2.19. The Morgan fingerprint density at radius 2 is 1.73 bits per heavy atom. The second-order valence-electron chi connectivity index (χ2n) is 5.51. The van der Waals surface area contributed by atoms with Crippen LogP contribution in [0.25, 0.3) is 5.82 Å². The first-order valence-electron chi connectivity index (χ1n) is 7.59. The average molecular weight is 291 g/mol. The minimum atomic E-state index is 0.863. The van der Waals surface area contributed by atoms with E-state index in [1.165, 1.54) is 22.5 Å². The van der Waals surface area contributed by atoms with Crippen LogP contribution in [0, 0.1) is 13.8 Å². The topological polar surface area (TPSA) is 29.9 Å². The van der Waals surface area contributed by atoms with Gasteiger partial charge in [0.1, 0.15) is 5.82 Å². The van der Waals surface area contributed by atoms with E-state index in [0.717, 1.165) is 18.9 Å². The Hall–Kier alpha value is -2.39. The molecule has 3 nitrogen and oxygen atoms in total. The second kappa shape index (κ2) is 6.58. The van der Waals surface area contributed by atoms with Crippen LogP contribution in [0.2, 0.25) is 0 Å². The number of hydrogen-bond donors (Lipinski definition) is 1. The van der Waals surface area contributed by atoms with Crippen molar-refractivity contribution in [2.45, 2.75) is 26.9 Å². The summed E-state index contributed by atoms with van der Waals surface area (Å²) in [6.45, 7) is 6.03. The lowest BCUT2D eigenvalue weighted by molar-refractivity contribution is 0.689. The lowest BCUT2D eigenvalue weighted by atomic mass is 10.2. The quantitative estimate of drug-likeness (QED) is 0.775. The maximum absolute atomic E-state index is 4.45. The molecule has 0 bridgehead atoms. The highest BCUT2D eigenvalue weighted by molar-refractivity contribution is 5.36. The highest BCUT2D eigenvalue weighted by atomic mass is 15.1. The molecule has 1 aromatic carbocycles. The van der Waals surface area contributed by atoms with Gasteiger partial charge in [0, 0.05) is 30.7 Å². The standard InChI is InChI=1S/C19H21N3/c1-15-12-18(14-20-13-17-8-4-3-5-9-17)16(2)22(15)19-10-6-7-11-21-19/h3-12,20H,13-14H2,1-2H3. The summed E-state index contributed by atoms with van der Waals surface area (Å²) in [5, 5.41) is 3.52. The largest absolute Gasteiger partial charge is 0.309 e. The molecule has 0 fully saturated rings. The lowest BCUT2D eigenvalue weighted by Gasteiger charge is -2.09. The average Bonchev–Trinajstić information content (AvgIpc) is 2.83. The van der Waals surface area contributed by atoms with E-state index in [1.807, 2.05) is 30.5 Å². The summed E-state index contributed by atoms with van der Waals surface area (Å²) < 4.78 is 2.21. The van der Waals surface area contributed by atoms with Crippen molar-refractivity contribution >= 4 is 0 Å². The van der Waals surface area contributed by atoms with Gasteiger partial charge in [-0.3, -0.25) is 0 Å². The van der Waals surface area contributed by atoms with Gasteiger partial charge in [-0.2, -0.15) is 0 Å². The molecule has 0 atom stereocenters. The Morgan fingerprint density at radius 3 is 2.45 bits per heavy atom. The van der Waals surface area contributed by atoms with Gasteiger partial charge < -0.3 is 9.88 Å². The van der Waals surface area contributed by atoms with Gasteiger partial charge in [0.25, 0.3) is 0 Å². The fraction of sp³-hybridized carbons (Fsp3) is 0.211. The van der Waals surface area contributed by atoms with E-state index in [0.29, 0.717) is 0 Å². The van der Waals surface area contributed by atoms with Crippen LogP contribution >= 0.6 is 0 Å². The van der Waals surface area contributed by atoms with Crippen LogP contribution in [0.4, 0.5) is 0 Å². The Morgan fingerprint density at radius 1 is 0.955 bits per heavy atom. The van der Waals surface area contributed by atoms with Crippen LogP contribution in [0.5, 0.6) is 0 Å². The second-order valence-corrected chi connectivity index (χ2v) is 5.51. The van der Waals surface area contributed by atoms with Gasteiger partial charge in [-0.25, -0.2) is 4.98 Å². The highest BCUT2D eigenvalue weighted by Gasteiger charge is 2.10. The van der Waals surface area contributed by atoms with E-state index < -0.39 is 0 Å². The first kappa shape index (κ1) is 14.5. The van der Waals surface area contributed by atoms with Crippen LogP contribution < -0.4 is 5.32 Å². The zero-order valence-electron chi connectivity index (χ0n) is 13.1. The van der Waals surface area contributed by atoms with Crippen molar-refractivity contribution in [3.8, 4) is 5.82 Å². The number of benzene rings is 1. The predicted molar refractivity (Wildman–Crippen MR) is 90.0 cm³/mol. The molecule has 0 saturated heterocycles. The molecule has 3 heteroatoms. The monoisotopic (exact) mass is 291 g/mol. The van der Waals surface area contributed by atoms with Gasteiger partial charge in [0.2, 0.25) is 0 Å². The van der Waals surface area contributed by atoms with Crippen LogP contribution in [0.1, 0.15) is 22.5 Å². The number of nitrogens with zero attached hydrogens (tertiary/aromatic N) is 2. The van der Waals surface area contributed by atoms with E-state index in [4.69, 9.17) is 0 Å². The van der Waals surface area contributed by atoms with Gasteiger partial charge in [0.15, 0.2) is 0 Å². The first-order chi connectivity index (χ1) is 10.8. The third-order valence-corrected chi connectivity index (χ3v) is 3.90. The summed E-state index contributed by atoms with van der Waals surface area (Å²) in [5.41, 5.74) is 5.09. The number of hydrogen-bond acceptors (Lipinski definition) is 2. The minimum absolute atomic E-state index is 0.863. The summed E-state index contributed by atoms with van der Waals surface area (Å²) in [6, 6.07) is 18.7. The van der Waals surface area contributed by atoms with Crippen LogP contribution in [0.3, 0.4) is 0 Å². The first-order valence-corrected chi connectivity index (χ1v) is 7.59. The van der Waals surface area contributed by atoms with E-state index >= 15 is 0 Å². The van der Waals surface area contributed by atoms with E-state index in [1.54, 1.807) is 0 Å². The van der Waals surface area contributed by atoms with Gasteiger partial charge in [-0.1, -0.05) is 36.4 Å². The van der Waals surface area contributed by atoms with E-state index in [2.05, 4.69) is 59.0 Å². The van der Waals surface area contributed by atoms with E-state index in [-0.39, 0.29) is 0 Å². The maximum atomic E-state index is 4.45. The molecular formula is C19H21N3. The molecule has 0 radical (unpaired) electrons. The summed E-state index contributed by atoms with van der Waals surface area (Å²) >= 11 is 0. The van der Waals surface area contributed by atoms with Gasteiger partial charge in [-0.05, 0) is 43.2 Å². The molecule has 0 aliphatic carbocycles. The summed E-state index contributed by atoms with van der Waals surface area (Å²) in [5.74, 6) is 0.979. The number of aryl methyl sites for hydroxylation is 1. The van der Waals surface area contributed by atoms with Crippen molar-refractivity contribution in [2.75, 3.05) is 0 Å². The predicted octanol–water partition coefficient (Wildman–Crippen LogP) is 3.78. The SMILES string of the molecule is Cc1cc(CNCc2ccccc2)c(C)n1-c1ccccn1. The van der Waals surface area contributed by atoms with Crippen molar-refractivity contribution in [2.24, 2.45) is 0 Å². The van der Waals surface area contributed by atoms with Crippen LogP contribution in [-0.2, 0) is 13.1 Å². The molecule has 0 aliphatic rings. The molecule has 0 saturated carbocycles. The number of nitrogens with one attached hydrogen (secondary N) is 1. The van der Waals surface area contributed by atoms with Crippen molar-refractivity contribution < 1.29 is 0 Å². The van der Waals surface area contributed by atoms with Crippen LogP contribution in [-0.4, -0.2) is 9.55 Å². The molecule has 2 aromatic heterocycles. The number of pyridine rings is 1. The maximum Gasteiger partial charge on any atom is 0.136 e. The minimum Gasteiger partial charge on any atom is -0.309 e. The van der Waals surface area contributed by atoms with Crippen molar-refractivity contribution in [1.82, 2.24) is 14.9 Å². The summed E-state index contributed by atoms with van der Waals surface area (Å²) in [4.78, 5) is 4.45. The molecule has 3 rings (SSSR count). The third-order valence-electron chi connectivity index (χ3n) is 3.90. The van der Waals surface area contributed by atoms with Gasteiger partial charge in [0.05, 0.1) is 0 Å². The molecule has 22 heavy (non-hydrogen) atoms. The Balaban J connectivity index is 1.73. The molecule has 0 amide bonds. The van der Waals surface area contributed by atoms with Gasteiger partial charge in [-0.15, -0.1) is 0 Å². The fourth-order valence-corrected chi connectivity index (χ4v) is 2.78. The normalized spacial score (nSPS) is 10.8. The molecule has 3 aromatic rings. The molecule has 0 spiro atoms. The lowest BCUT2D eigenvalue weighted by Crippen LogP contribution is -2.13. The van der Waals surface area contributed by atoms with Crippen molar-refractivity contribution in [3.63, 3.8) is 0 Å². The molecule has 1 N–H and O–H groups in total. The van der Waals surface area contributed by atoms with Crippen LogP contribution in [0.15, 0.2) is 60.8 Å². The number of rotatable bonds is 5. The Kier molecular flexibility index (Phi) is 4.35. The Bertz CT molecular complexity index is 730. The molecular weight excluding hydrogens is 270 g/mol. The van der Waals surface area contributed by atoms with Crippen molar-refractivity contribution in [3.05, 3.63) is 83.3 Å². The zero-order valence-corrected chi connectivity index (χ0v) is 13.1. The number of aromatic nitrogens is 2. The molecule has 0 aliphatic heterocycles. The fourth-order valence-electron chi connectivity index (χ4n) is 2.78. The third kappa shape index (κ3) is 3.10. The molecule has 112 valence electrons. The molecule has 0 unspecified atom stereocenters. The summed E-state index contributed by atoms with van der Waals surface area (Å²) in [6.07, 6.45) is 1.83. The summed E-state index contributed by atoms with van der Waals surface area (Å²) in [7, 11) is 0. The smallest absolute Gasteiger partial charge is 0.136 e. The molecule has 2 heterocycles.